The first-order chi connectivity index (χ1) is 15.2. The van der Waals surface area contributed by atoms with Crippen molar-refractivity contribution in [1.29, 1.82) is 0 Å². The van der Waals surface area contributed by atoms with Crippen molar-refractivity contribution in [3.8, 4) is 0 Å². The highest BCUT2D eigenvalue weighted by Crippen LogP contribution is 2.21. The smallest absolute Gasteiger partial charge is 0.226 e. The Morgan fingerprint density at radius 3 is 2.90 bits per heavy atom. The highest BCUT2D eigenvalue weighted by atomic mass is 35.5. The van der Waals surface area contributed by atoms with E-state index in [-0.39, 0.29) is 17.6 Å². The van der Waals surface area contributed by atoms with Crippen LogP contribution in [0.3, 0.4) is 0 Å². The third-order valence-electron chi connectivity index (χ3n) is 4.70. The highest BCUT2D eigenvalue weighted by Gasteiger charge is 2.15. The van der Waals surface area contributed by atoms with E-state index in [2.05, 4.69) is 35.4 Å². The van der Waals surface area contributed by atoms with Gasteiger partial charge in [-0.2, -0.15) is 15.1 Å². The molecule has 152 valence electrons. The molecule has 0 spiro atoms. The average molecular weight is 431 g/mol. The van der Waals surface area contributed by atoms with E-state index in [0.717, 1.165) is 16.5 Å². The third-order valence-corrected chi connectivity index (χ3v) is 4.87. The number of halogens is 1. The number of pyridine rings is 1. The van der Waals surface area contributed by atoms with Crippen LogP contribution >= 0.6 is 11.6 Å². The number of nitrogens with one attached hydrogen (secondary N) is 2. The number of para-hydroxylation sites is 1. The summed E-state index contributed by atoms with van der Waals surface area (Å²) < 4.78 is 1.61. The molecule has 0 aliphatic rings. The van der Waals surface area contributed by atoms with Gasteiger partial charge in [0.2, 0.25) is 11.1 Å². The summed E-state index contributed by atoms with van der Waals surface area (Å²) >= 11 is 6.11. The lowest BCUT2D eigenvalue weighted by Gasteiger charge is -2.04. The van der Waals surface area contributed by atoms with Crippen molar-refractivity contribution in [3.63, 3.8) is 0 Å². The number of benzene rings is 1. The van der Waals surface area contributed by atoms with Crippen molar-refractivity contribution in [2.75, 3.05) is 5.43 Å². The number of imidazole rings is 1. The monoisotopic (exact) mass is 430 g/mol. The van der Waals surface area contributed by atoms with Gasteiger partial charge in [-0.1, -0.05) is 24.3 Å². The SMILES string of the molecule is O=C(Cn1cnc2c(N/N=C/c3c[nH]c4ccccc34)nc(Cl)nc21)c1ccccn1. The Labute approximate surface area is 180 Å². The second-order valence-corrected chi connectivity index (χ2v) is 7.02. The summed E-state index contributed by atoms with van der Waals surface area (Å²) in [5, 5.41) is 5.34. The van der Waals surface area contributed by atoms with E-state index >= 15 is 0 Å². The van der Waals surface area contributed by atoms with Crippen LogP contribution in [0.2, 0.25) is 5.28 Å². The maximum Gasteiger partial charge on any atom is 0.226 e. The molecule has 0 aliphatic heterocycles. The molecule has 31 heavy (non-hydrogen) atoms. The second-order valence-electron chi connectivity index (χ2n) is 6.68. The van der Waals surface area contributed by atoms with E-state index in [1.165, 1.54) is 6.33 Å². The number of nitrogens with zero attached hydrogens (tertiary/aromatic N) is 6. The normalized spacial score (nSPS) is 11.5. The average Bonchev–Trinajstić information content (AvgIpc) is 3.39. The number of aromatic nitrogens is 6. The van der Waals surface area contributed by atoms with E-state index in [9.17, 15) is 4.79 Å². The molecular formula is C21H15ClN8O. The van der Waals surface area contributed by atoms with Crippen molar-refractivity contribution in [2.45, 2.75) is 6.54 Å². The Bertz CT molecular complexity index is 1420. The van der Waals surface area contributed by atoms with Gasteiger partial charge in [0.05, 0.1) is 19.1 Å². The minimum absolute atomic E-state index is 0.0179. The molecule has 5 aromatic rings. The lowest BCUT2D eigenvalue weighted by molar-refractivity contribution is 0.0968. The Hall–Kier alpha value is -4.11. The van der Waals surface area contributed by atoms with Crippen LogP contribution in [-0.4, -0.2) is 41.5 Å². The topological polar surface area (TPSA) is 114 Å². The Morgan fingerprint density at radius 2 is 2.03 bits per heavy atom. The van der Waals surface area contributed by atoms with Gasteiger partial charge in [0.1, 0.15) is 5.69 Å². The summed E-state index contributed by atoms with van der Waals surface area (Å²) in [7, 11) is 0. The van der Waals surface area contributed by atoms with Crippen LogP contribution in [0, 0.1) is 0 Å². The zero-order valence-corrected chi connectivity index (χ0v) is 16.8. The quantitative estimate of drug-likeness (QED) is 0.184. The number of anilines is 1. The molecule has 0 bridgehead atoms. The first kappa shape index (κ1) is 18.9. The van der Waals surface area contributed by atoms with Gasteiger partial charge >= 0.3 is 0 Å². The number of hydrogen-bond donors (Lipinski definition) is 2. The summed E-state index contributed by atoms with van der Waals surface area (Å²) in [6.07, 6.45) is 6.65. The van der Waals surface area contributed by atoms with Gasteiger partial charge in [-0.3, -0.25) is 15.2 Å². The zero-order chi connectivity index (χ0) is 21.2. The molecule has 4 heterocycles. The molecule has 2 N–H and O–H groups in total. The number of fused-ring (bicyclic) bond motifs is 2. The van der Waals surface area contributed by atoms with Gasteiger partial charge < -0.3 is 9.55 Å². The molecule has 0 unspecified atom stereocenters. The summed E-state index contributed by atoms with van der Waals surface area (Å²) in [6, 6.07) is 13.1. The van der Waals surface area contributed by atoms with Crippen LogP contribution in [0.15, 0.2) is 66.3 Å². The lowest BCUT2D eigenvalue weighted by atomic mass is 10.2. The Kier molecular flexibility index (Phi) is 4.85. The first-order valence-corrected chi connectivity index (χ1v) is 9.74. The van der Waals surface area contributed by atoms with Crippen LogP contribution in [0.4, 0.5) is 5.82 Å². The highest BCUT2D eigenvalue weighted by molar-refractivity contribution is 6.28. The number of rotatable bonds is 6. The Morgan fingerprint density at radius 1 is 1.16 bits per heavy atom. The molecular weight excluding hydrogens is 416 g/mol. The lowest BCUT2D eigenvalue weighted by Crippen LogP contribution is -2.11. The van der Waals surface area contributed by atoms with E-state index in [1.54, 1.807) is 35.2 Å². The van der Waals surface area contributed by atoms with E-state index < -0.39 is 0 Å². The summed E-state index contributed by atoms with van der Waals surface area (Å²) in [5.41, 5.74) is 6.06. The molecule has 0 atom stereocenters. The van der Waals surface area contributed by atoms with Gasteiger partial charge in [0.25, 0.3) is 0 Å². The molecule has 0 fully saturated rings. The third kappa shape index (κ3) is 3.74. The molecule has 0 aliphatic carbocycles. The van der Waals surface area contributed by atoms with Crippen molar-refractivity contribution < 1.29 is 4.79 Å². The fraction of sp³-hybridized carbons (Fsp3) is 0.0476. The number of hydrazone groups is 1. The number of carbonyl (C=O) groups is 1. The molecule has 5 rings (SSSR count). The van der Waals surface area contributed by atoms with Crippen LogP contribution < -0.4 is 5.43 Å². The van der Waals surface area contributed by atoms with Crippen LogP contribution in [-0.2, 0) is 6.54 Å². The largest absolute Gasteiger partial charge is 0.361 e. The number of hydrogen-bond acceptors (Lipinski definition) is 7. The van der Waals surface area contributed by atoms with Crippen molar-refractivity contribution in [3.05, 3.63) is 77.7 Å². The number of aromatic amines is 1. The Balaban J connectivity index is 1.41. The van der Waals surface area contributed by atoms with Crippen LogP contribution in [0.25, 0.3) is 22.1 Å². The maximum absolute atomic E-state index is 12.5. The van der Waals surface area contributed by atoms with Crippen molar-refractivity contribution in [2.24, 2.45) is 5.10 Å². The number of Topliss-reactive ketones (excluding diaryl/α,β-unsaturated/α-hetero) is 1. The molecule has 10 heteroatoms. The maximum atomic E-state index is 12.5. The number of carbonyl (C=O) groups excluding carboxylic acids is 1. The molecule has 0 amide bonds. The molecule has 0 radical (unpaired) electrons. The van der Waals surface area contributed by atoms with Crippen LogP contribution in [0.5, 0.6) is 0 Å². The standard InChI is InChI=1S/C21H15ClN8O/c22-21-27-19(29-26-10-13-9-24-15-6-2-1-5-14(13)15)18-20(28-21)30(12-25-18)11-17(31)16-7-3-4-8-23-16/h1-10,12,24H,11H2,(H,27,28,29)/b26-10+. The van der Waals surface area contributed by atoms with Gasteiger partial charge in [-0.15, -0.1) is 0 Å². The minimum atomic E-state index is -0.165. The van der Waals surface area contributed by atoms with Crippen molar-refractivity contribution >= 4 is 51.5 Å². The molecule has 0 saturated carbocycles. The predicted octanol–water partition coefficient (Wildman–Crippen LogP) is 3.68. The van der Waals surface area contributed by atoms with E-state index in [0.29, 0.717) is 22.7 Å². The van der Waals surface area contributed by atoms with Gasteiger partial charge in [0.15, 0.2) is 17.0 Å². The minimum Gasteiger partial charge on any atom is -0.361 e. The first-order valence-electron chi connectivity index (χ1n) is 9.37. The van der Waals surface area contributed by atoms with Gasteiger partial charge in [-0.25, -0.2) is 4.98 Å². The van der Waals surface area contributed by atoms with Gasteiger partial charge in [-0.05, 0) is 29.8 Å². The summed E-state index contributed by atoms with van der Waals surface area (Å²) in [4.78, 5) is 32.5. The molecule has 1 aromatic carbocycles. The molecule has 0 saturated heterocycles. The van der Waals surface area contributed by atoms with Gasteiger partial charge in [0, 0.05) is 28.9 Å². The second kappa shape index (κ2) is 7.96. The fourth-order valence-electron chi connectivity index (χ4n) is 3.24. The predicted molar refractivity (Wildman–Crippen MR) is 118 cm³/mol. The number of H-pyrrole nitrogens is 1. The van der Waals surface area contributed by atoms with E-state index in [4.69, 9.17) is 11.6 Å². The van der Waals surface area contributed by atoms with Crippen LogP contribution in [0.1, 0.15) is 16.1 Å². The summed E-state index contributed by atoms with van der Waals surface area (Å²) in [5.74, 6) is 0.177. The molecule has 9 nitrogen and oxygen atoms in total. The molecule has 4 aromatic heterocycles. The zero-order valence-electron chi connectivity index (χ0n) is 16.0. The fourth-order valence-corrected chi connectivity index (χ4v) is 3.40. The number of ketones is 1. The van der Waals surface area contributed by atoms with E-state index in [1.807, 2.05) is 30.5 Å². The van der Waals surface area contributed by atoms with Crippen molar-refractivity contribution in [1.82, 2.24) is 29.5 Å². The summed E-state index contributed by atoms with van der Waals surface area (Å²) in [6.45, 7) is 0.0267.